The van der Waals surface area contributed by atoms with Crippen molar-refractivity contribution in [1.29, 1.82) is 0 Å². The largest absolute Gasteiger partial charge is 0.573 e. The number of rotatable bonds is 5. The van der Waals surface area contributed by atoms with Crippen LogP contribution in [0, 0.1) is 0 Å². The van der Waals surface area contributed by atoms with Crippen LogP contribution in [0.1, 0.15) is 12.1 Å². The molecule has 0 spiro atoms. The standard InChI is InChI=1S/C16H19F3N4O/c1-22-14(5-7-21-22)10-20-12-6-8-23(11-12)13-3-2-4-15(9-13)24-16(17,18)19/h2-5,7,9,12,20H,6,8,10-11H2,1H3/t12-/m0/s1. The van der Waals surface area contributed by atoms with Crippen LogP contribution in [0.4, 0.5) is 18.9 Å². The normalized spacial score (nSPS) is 18.2. The number of hydrogen-bond acceptors (Lipinski definition) is 4. The van der Waals surface area contributed by atoms with E-state index in [4.69, 9.17) is 0 Å². The van der Waals surface area contributed by atoms with Crippen LogP contribution in [-0.2, 0) is 13.6 Å². The Morgan fingerprint density at radius 2 is 2.17 bits per heavy atom. The van der Waals surface area contributed by atoms with Crippen molar-refractivity contribution in [3.05, 3.63) is 42.2 Å². The zero-order chi connectivity index (χ0) is 17.2. The molecule has 2 heterocycles. The van der Waals surface area contributed by atoms with Crippen LogP contribution in [-0.4, -0.2) is 35.3 Å². The van der Waals surface area contributed by atoms with Crippen molar-refractivity contribution in [3.8, 4) is 5.75 Å². The summed E-state index contributed by atoms with van der Waals surface area (Å²) in [5, 5.41) is 7.59. The minimum Gasteiger partial charge on any atom is -0.406 e. The molecule has 0 amide bonds. The van der Waals surface area contributed by atoms with E-state index < -0.39 is 6.36 Å². The number of nitrogens with one attached hydrogen (secondary N) is 1. The summed E-state index contributed by atoms with van der Waals surface area (Å²) >= 11 is 0. The molecule has 1 aromatic carbocycles. The van der Waals surface area contributed by atoms with Gasteiger partial charge in [0.2, 0.25) is 0 Å². The van der Waals surface area contributed by atoms with Crippen molar-refractivity contribution >= 4 is 5.69 Å². The fourth-order valence-electron chi connectivity index (χ4n) is 2.86. The maximum atomic E-state index is 12.3. The molecule has 8 heteroatoms. The summed E-state index contributed by atoms with van der Waals surface area (Å²) < 4.78 is 42.8. The Morgan fingerprint density at radius 1 is 1.33 bits per heavy atom. The molecule has 5 nitrogen and oxygen atoms in total. The monoisotopic (exact) mass is 340 g/mol. The maximum absolute atomic E-state index is 12.3. The van der Waals surface area contributed by atoms with Crippen molar-refractivity contribution in [2.24, 2.45) is 7.05 Å². The van der Waals surface area contributed by atoms with Gasteiger partial charge < -0.3 is 15.0 Å². The Bertz CT molecular complexity index is 686. The molecule has 0 unspecified atom stereocenters. The van der Waals surface area contributed by atoms with Gasteiger partial charge in [0.15, 0.2) is 0 Å². The van der Waals surface area contributed by atoms with E-state index >= 15 is 0 Å². The molecule has 1 atom stereocenters. The smallest absolute Gasteiger partial charge is 0.406 e. The van der Waals surface area contributed by atoms with Gasteiger partial charge in [-0.25, -0.2) is 0 Å². The molecular formula is C16H19F3N4O. The number of halogens is 3. The third kappa shape index (κ3) is 4.19. The molecule has 130 valence electrons. The first-order valence-electron chi connectivity index (χ1n) is 7.72. The van der Waals surface area contributed by atoms with E-state index in [0.717, 1.165) is 30.9 Å². The van der Waals surface area contributed by atoms with Crippen LogP contribution in [0.25, 0.3) is 0 Å². The Morgan fingerprint density at radius 3 is 2.88 bits per heavy atom. The van der Waals surface area contributed by atoms with Crippen molar-refractivity contribution in [3.63, 3.8) is 0 Å². The van der Waals surface area contributed by atoms with Crippen LogP contribution < -0.4 is 15.0 Å². The topological polar surface area (TPSA) is 42.3 Å². The summed E-state index contributed by atoms with van der Waals surface area (Å²) in [5.74, 6) is -0.189. The summed E-state index contributed by atoms with van der Waals surface area (Å²) in [5.41, 5.74) is 1.83. The lowest BCUT2D eigenvalue weighted by Gasteiger charge is -2.20. The van der Waals surface area contributed by atoms with E-state index in [-0.39, 0.29) is 11.8 Å². The van der Waals surface area contributed by atoms with Crippen molar-refractivity contribution in [2.75, 3.05) is 18.0 Å². The van der Waals surface area contributed by atoms with Crippen LogP contribution in [0.15, 0.2) is 36.5 Å². The van der Waals surface area contributed by atoms with Crippen molar-refractivity contribution in [2.45, 2.75) is 25.4 Å². The summed E-state index contributed by atoms with van der Waals surface area (Å²) in [6.07, 6.45) is -1.98. The molecule has 0 radical (unpaired) electrons. The number of benzene rings is 1. The van der Waals surface area contributed by atoms with E-state index in [1.54, 1.807) is 18.3 Å². The third-order valence-corrected chi connectivity index (χ3v) is 4.10. The van der Waals surface area contributed by atoms with E-state index in [0.29, 0.717) is 6.54 Å². The molecule has 0 saturated carbocycles. The maximum Gasteiger partial charge on any atom is 0.573 e. The fourth-order valence-corrected chi connectivity index (χ4v) is 2.86. The minimum absolute atomic E-state index is 0.189. The Kier molecular flexibility index (Phi) is 4.66. The highest BCUT2D eigenvalue weighted by atomic mass is 19.4. The van der Waals surface area contributed by atoms with E-state index in [1.807, 2.05) is 17.8 Å². The molecule has 1 saturated heterocycles. The average Bonchev–Trinajstić information content (AvgIpc) is 3.12. The fraction of sp³-hybridized carbons (Fsp3) is 0.438. The van der Waals surface area contributed by atoms with Crippen LogP contribution in [0.3, 0.4) is 0 Å². The lowest BCUT2D eigenvalue weighted by atomic mass is 10.2. The Labute approximate surface area is 138 Å². The molecule has 1 fully saturated rings. The predicted octanol–water partition coefficient (Wildman–Crippen LogP) is 2.69. The highest BCUT2D eigenvalue weighted by molar-refractivity contribution is 5.51. The van der Waals surface area contributed by atoms with Gasteiger partial charge >= 0.3 is 6.36 Å². The number of ether oxygens (including phenoxy) is 1. The number of alkyl halides is 3. The van der Waals surface area contributed by atoms with Gasteiger partial charge in [-0.05, 0) is 24.6 Å². The van der Waals surface area contributed by atoms with Gasteiger partial charge in [-0.15, -0.1) is 13.2 Å². The zero-order valence-electron chi connectivity index (χ0n) is 13.3. The minimum atomic E-state index is -4.67. The predicted molar refractivity (Wildman–Crippen MR) is 83.8 cm³/mol. The van der Waals surface area contributed by atoms with E-state index in [1.165, 1.54) is 12.1 Å². The molecule has 0 bridgehead atoms. The quantitative estimate of drug-likeness (QED) is 0.909. The van der Waals surface area contributed by atoms with Gasteiger partial charge in [0.05, 0.1) is 5.69 Å². The number of aromatic nitrogens is 2. The van der Waals surface area contributed by atoms with Gasteiger partial charge in [-0.1, -0.05) is 6.07 Å². The summed E-state index contributed by atoms with van der Waals surface area (Å²) in [6.45, 7) is 2.25. The van der Waals surface area contributed by atoms with E-state index in [2.05, 4.69) is 20.1 Å². The Balaban J connectivity index is 1.57. The second-order valence-corrected chi connectivity index (χ2v) is 5.80. The van der Waals surface area contributed by atoms with Gasteiger partial charge in [-0.2, -0.15) is 5.10 Å². The first-order chi connectivity index (χ1) is 11.4. The average molecular weight is 340 g/mol. The highest BCUT2D eigenvalue weighted by Gasteiger charge is 2.31. The van der Waals surface area contributed by atoms with Crippen LogP contribution in [0.5, 0.6) is 5.75 Å². The first-order valence-corrected chi connectivity index (χ1v) is 7.72. The van der Waals surface area contributed by atoms with Crippen molar-refractivity contribution in [1.82, 2.24) is 15.1 Å². The molecule has 2 aromatic rings. The lowest BCUT2D eigenvalue weighted by molar-refractivity contribution is -0.274. The molecular weight excluding hydrogens is 321 g/mol. The SMILES string of the molecule is Cn1nccc1CN[C@H]1CCN(c2cccc(OC(F)(F)F)c2)C1. The van der Waals surface area contributed by atoms with Gasteiger partial charge in [0.1, 0.15) is 5.75 Å². The molecule has 3 rings (SSSR count). The Hall–Kier alpha value is -2.22. The van der Waals surface area contributed by atoms with Crippen LogP contribution in [0.2, 0.25) is 0 Å². The molecule has 24 heavy (non-hydrogen) atoms. The number of anilines is 1. The molecule has 1 N–H and O–H groups in total. The summed E-state index contributed by atoms with van der Waals surface area (Å²) in [6, 6.07) is 8.35. The van der Waals surface area contributed by atoms with Gasteiger partial charge in [-0.3, -0.25) is 4.68 Å². The van der Waals surface area contributed by atoms with Gasteiger partial charge in [0, 0.05) is 50.7 Å². The molecule has 1 aliphatic heterocycles. The zero-order valence-corrected chi connectivity index (χ0v) is 13.3. The second-order valence-electron chi connectivity index (χ2n) is 5.80. The van der Waals surface area contributed by atoms with Gasteiger partial charge in [0.25, 0.3) is 0 Å². The third-order valence-electron chi connectivity index (χ3n) is 4.10. The van der Waals surface area contributed by atoms with Crippen molar-refractivity contribution < 1.29 is 17.9 Å². The summed E-state index contributed by atoms with van der Waals surface area (Å²) in [7, 11) is 1.89. The molecule has 1 aromatic heterocycles. The lowest BCUT2D eigenvalue weighted by Crippen LogP contribution is -2.32. The van der Waals surface area contributed by atoms with E-state index in [9.17, 15) is 13.2 Å². The number of hydrogen-bond donors (Lipinski definition) is 1. The first kappa shape index (κ1) is 16.6. The van der Waals surface area contributed by atoms with Crippen LogP contribution >= 0.6 is 0 Å². The summed E-state index contributed by atoms with van der Waals surface area (Å²) in [4.78, 5) is 2.06. The highest BCUT2D eigenvalue weighted by Crippen LogP contribution is 2.28. The second kappa shape index (κ2) is 6.72. The number of nitrogens with zero attached hydrogens (tertiary/aromatic N) is 3. The molecule has 1 aliphatic rings. The number of aryl methyl sites for hydroxylation is 1. The molecule has 0 aliphatic carbocycles.